The molecule has 0 spiro atoms. The highest BCUT2D eigenvalue weighted by atomic mass is 19.4. The lowest BCUT2D eigenvalue weighted by atomic mass is 9.91. The predicted molar refractivity (Wildman–Crippen MR) is 106 cm³/mol. The number of hydrogen-bond acceptors (Lipinski definition) is 5. The van der Waals surface area contributed by atoms with E-state index in [4.69, 9.17) is 14.2 Å². The van der Waals surface area contributed by atoms with Crippen molar-refractivity contribution in [3.05, 3.63) is 35.9 Å². The third-order valence-electron chi connectivity index (χ3n) is 4.24. The molecule has 0 aliphatic heterocycles. The van der Waals surface area contributed by atoms with Crippen LogP contribution >= 0.6 is 0 Å². The highest BCUT2D eigenvalue weighted by Crippen LogP contribution is 2.45. The first kappa shape index (κ1) is 24.9. The largest absolute Gasteiger partial charge is 0.496 e. The maximum absolute atomic E-state index is 13.8. The number of methoxy groups -OCH3 is 1. The van der Waals surface area contributed by atoms with Gasteiger partial charge in [-0.3, -0.25) is 0 Å². The summed E-state index contributed by atoms with van der Waals surface area (Å²) in [4.78, 5) is 6.09. The minimum absolute atomic E-state index is 0.0781. The summed E-state index contributed by atoms with van der Waals surface area (Å²) in [6.45, 7) is 6.97. The fraction of sp³-hybridized carbons (Fsp3) is 0.550. The van der Waals surface area contributed by atoms with Gasteiger partial charge in [0.2, 0.25) is 5.60 Å². The Hall–Kier alpha value is -2.10. The second-order valence-electron chi connectivity index (χ2n) is 6.43. The first-order valence-corrected chi connectivity index (χ1v) is 9.09. The van der Waals surface area contributed by atoms with Crippen molar-refractivity contribution in [2.45, 2.75) is 25.6 Å². The summed E-state index contributed by atoms with van der Waals surface area (Å²) in [7, 11) is 3.06. The van der Waals surface area contributed by atoms with Gasteiger partial charge in [0, 0.05) is 25.2 Å². The van der Waals surface area contributed by atoms with E-state index in [1.807, 2.05) is 18.9 Å². The van der Waals surface area contributed by atoms with Gasteiger partial charge in [-0.25, -0.2) is 4.99 Å². The molecule has 1 unspecified atom stereocenters. The third kappa shape index (κ3) is 6.73. The molecule has 0 aromatic heterocycles. The standard InChI is InChI=1S/C20H29F3N2O4/c1-6-8-28-9-10-29-13-19(26,20(21,22)23)16-11-15(3)17(12-18(16)27-5)24-14-25(4)7-2/h6,11-12,14,26H,1,7-10,13H2,2-5H3/b24-14-. The molecule has 0 radical (unpaired) electrons. The lowest BCUT2D eigenvalue weighted by Crippen LogP contribution is -2.46. The van der Waals surface area contributed by atoms with Crippen molar-refractivity contribution < 1.29 is 32.5 Å². The number of ether oxygens (including phenoxy) is 3. The average molecular weight is 418 g/mol. The third-order valence-corrected chi connectivity index (χ3v) is 4.24. The number of hydrogen-bond donors (Lipinski definition) is 1. The fourth-order valence-corrected chi connectivity index (χ4v) is 2.37. The molecule has 164 valence electrons. The summed E-state index contributed by atoms with van der Waals surface area (Å²) >= 11 is 0. The zero-order valence-electron chi connectivity index (χ0n) is 17.3. The van der Waals surface area contributed by atoms with Gasteiger partial charge in [0.05, 0.1) is 45.6 Å². The maximum Gasteiger partial charge on any atom is 0.423 e. The number of aliphatic hydroxyl groups is 1. The highest BCUT2D eigenvalue weighted by Gasteiger charge is 2.56. The van der Waals surface area contributed by atoms with Crippen LogP contribution < -0.4 is 4.74 Å². The van der Waals surface area contributed by atoms with E-state index >= 15 is 0 Å². The van der Waals surface area contributed by atoms with Gasteiger partial charge in [-0.1, -0.05) is 6.08 Å². The van der Waals surface area contributed by atoms with Gasteiger partial charge in [-0.2, -0.15) is 13.2 Å². The van der Waals surface area contributed by atoms with E-state index < -0.39 is 23.9 Å². The van der Waals surface area contributed by atoms with Crippen molar-refractivity contribution in [1.29, 1.82) is 0 Å². The molecule has 0 fully saturated rings. The van der Waals surface area contributed by atoms with Crippen molar-refractivity contribution in [3.8, 4) is 5.75 Å². The minimum Gasteiger partial charge on any atom is -0.496 e. The monoisotopic (exact) mass is 418 g/mol. The molecule has 1 aromatic rings. The number of halogens is 3. The lowest BCUT2D eigenvalue weighted by Gasteiger charge is -2.32. The summed E-state index contributed by atoms with van der Waals surface area (Å²) < 4.78 is 56.7. The molecular formula is C20H29F3N2O4. The Labute approximate surface area is 169 Å². The van der Waals surface area contributed by atoms with Crippen molar-refractivity contribution in [2.24, 2.45) is 4.99 Å². The zero-order chi connectivity index (χ0) is 22.1. The molecular weight excluding hydrogens is 389 g/mol. The molecule has 1 aromatic carbocycles. The van der Waals surface area contributed by atoms with Crippen LogP contribution in [0.15, 0.2) is 29.8 Å². The number of alkyl halides is 3. The maximum atomic E-state index is 13.8. The van der Waals surface area contributed by atoms with Crippen LogP contribution in [-0.4, -0.2) is 69.7 Å². The number of aryl methyl sites for hydroxylation is 1. The van der Waals surface area contributed by atoms with E-state index in [-0.39, 0.29) is 25.6 Å². The molecule has 29 heavy (non-hydrogen) atoms. The Kier molecular flexibility index (Phi) is 9.61. The summed E-state index contributed by atoms with van der Waals surface area (Å²) in [5.74, 6) is -0.131. The van der Waals surface area contributed by atoms with Crippen molar-refractivity contribution in [2.75, 3.05) is 47.1 Å². The summed E-state index contributed by atoms with van der Waals surface area (Å²) in [6, 6.07) is 2.59. The fourth-order valence-electron chi connectivity index (χ4n) is 2.37. The first-order chi connectivity index (χ1) is 13.6. The Bertz CT molecular complexity index is 695. The molecule has 0 saturated heterocycles. The molecule has 9 heteroatoms. The predicted octanol–water partition coefficient (Wildman–Crippen LogP) is 3.58. The first-order valence-electron chi connectivity index (χ1n) is 9.09. The molecule has 0 aliphatic carbocycles. The van der Waals surface area contributed by atoms with Crippen LogP contribution in [0.25, 0.3) is 0 Å². The molecule has 0 bridgehead atoms. The van der Waals surface area contributed by atoms with Gasteiger partial charge in [0.25, 0.3) is 0 Å². The van der Waals surface area contributed by atoms with E-state index in [9.17, 15) is 18.3 Å². The molecule has 1 atom stereocenters. The molecule has 0 saturated carbocycles. The molecule has 0 aliphatic rings. The molecule has 0 heterocycles. The normalized spacial score (nSPS) is 14.1. The van der Waals surface area contributed by atoms with Gasteiger partial charge < -0.3 is 24.2 Å². The van der Waals surface area contributed by atoms with E-state index in [0.717, 1.165) is 6.54 Å². The van der Waals surface area contributed by atoms with Crippen molar-refractivity contribution in [3.63, 3.8) is 0 Å². The van der Waals surface area contributed by atoms with Crippen LogP contribution in [0.5, 0.6) is 5.75 Å². The Balaban J connectivity index is 3.19. The van der Waals surface area contributed by atoms with Gasteiger partial charge in [-0.05, 0) is 25.5 Å². The average Bonchev–Trinajstić information content (AvgIpc) is 2.68. The van der Waals surface area contributed by atoms with Crippen LogP contribution in [-0.2, 0) is 15.1 Å². The summed E-state index contributed by atoms with van der Waals surface area (Å²) in [5, 5.41) is 10.6. The number of rotatable bonds is 12. The second-order valence-corrected chi connectivity index (χ2v) is 6.43. The minimum atomic E-state index is -4.98. The van der Waals surface area contributed by atoms with Crippen molar-refractivity contribution >= 4 is 12.0 Å². The van der Waals surface area contributed by atoms with Crippen LogP contribution in [0.3, 0.4) is 0 Å². The number of benzene rings is 1. The van der Waals surface area contributed by atoms with E-state index in [0.29, 0.717) is 11.3 Å². The highest BCUT2D eigenvalue weighted by molar-refractivity contribution is 5.65. The molecule has 1 rings (SSSR count). The topological polar surface area (TPSA) is 63.5 Å². The Morgan fingerprint density at radius 2 is 1.90 bits per heavy atom. The lowest BCUT2D eigenvalue weighted by molar-refractivity contribution is -0.282. The smallest absolute Gasteiger partial charge is 0.423 e. The summed E-state index contributed by atoms with van der Waals surface area (Å²) in [5.41, 5.74) is -2.78. The summed E-state index contributed by atoms with van der Waals surface area (Å²) in [6.07, 6.45) is -1.90. The quantitative estimate of drug-likeness (QED) is 0.243. The van der Waals surface area contributed by atoms with Crippen LogP contribution in [0.2, 0.25) is 0 Å². The number of aliphatic imine (C=N–C) groups is 1. The van der Waals surface area contributed by atoms with Crippen LogP contribution in [0.4, 0.5) is 18.9 Å². The second kappa shape index (κ2) is 11.2. The SMILES string of the molecule is C=CCOCCOCC(O)(c1cc(C)c(/N=C\N(C)CC)cc1OC)C(F)(F)F. The van der Waals surface area contributed by atoms with E-state index in [1.165, 1.54) is 25.3 Å². The Morgan fingerprint density at radius 1 is 1.24 bits per heavy atom. The molecule has 6 nitrogen and oxygen atoms in total. The molecule has 1 N–H and O–H groups in total. The van der Waals surface area contributed by atoms with Crippen LogP contribution in [0, 0.1) is 6.92 Å². The van der Waals surface area contributed by atoms with Crippen LogP contribution in [0.1, 0.15) is 18.1 Å². The van der Waals surface area contributed by atoms with Gasteiger partial charge in [-0.15, -0.1) is 6.58 Å². The van der Waals surface area contributed by atoms with Crippen molar-refractivity contribution in [1.82, 2.24) is 4.90 Å². The van der Waals surface area contributed by atoms with E-state index in [2.05, 4.69) is 11.6 Å². The van der Waals surface area contributed by atoms with Gasteiger partial charge in [0.15, 0.2) is 0 Å². The van der Waals surface area contributed by atoms with Gasteiger partial charge >= 0.3 is 6.18 Å². The van der Waals surface area contributed by atoms with Gasteiger partial charge in [0.1, 0.15) is 5.75 Å². The zero-order valence-corrected chi connectivity index (χ0v) is 17.3. The van der Waals surface area contributed by atoms with E-state index in [1.54, 1.807) is 13.3 Å². The Morgan fingerprint density at radius 3 is 2.45 bits per heavy atom. The molecule has 0 amide bonds. The number of nitrogens with zero attached hydrogens (tertiary/aromatic N) is 2.